The number of sulfonamides is 1. The summed E-state index contributed by atoms with van der Waals surface area (Å²) in [6.07, 6.45) is 1.18. The normalized spacial score (nSPS) is 23.6. The van der Waals surface area contributed by atoms with E-state index in [4.69, 9.17) is 9.84 Å². The minimum atomic E-state index is -3.58. The number of hydrogen-bond acceptors (Lipinski definition) is 5. The zero-order chi connectivity index (χ0) is 14.8. The van der Waals surface area contributed by atoms with E-state index >= 15 is 0 Å². The lowest BCUT2D eigenvalue weighted by Crippen LogP contribution is -2.40. The molecule has 0 spiro atoms. The Bertz CT molecular complexity index is 580. The molecule has 2 rings (SSSR count). The van der Waals surface area contributed by atoms with Gasteiger partial charge in [0.2, 0.25) is 10.0 Å². The third kappa shape index (κ3) is 4.02. The summed E-state index contributed by atoms with van der Waals surface area (Å²) in [6.45, 7) is 2.46. The molecule has 2 N–H and O–H groups in total. The van der Waals surface area contributed by atoms with Gasteiger partial charge in [0.1, 0.15) is 4.21 Å². The third-order valence-corrected chi connectivity index (χ3v) is 6.13. The SMILES string of the molecule is CC1CC(NS(=O)(=O)c2ccc(CC(=O)O)s2)CCO1. The zero-order valence-corrected chi connectivity index (χ0v) is 12.7. The second-order valence-corrected chi connectivity index (χ2v) is 7.92. The van der Waals surface area contributed by atoms with Gasteiger partial charge in [0, 0.05) is 17.5 Å². The largest absolute Gasteiger partial charge is 0.481 e. The molecule has 1 aliphatic rings. The molecule has 0 radical (unpaired) electrons. The zero-order valence-electron chi connectivity index (χ0n) is 11.0. The molecule has 20 heavy (non-hydrogen) atoms. The van der Waals surface area contributed by atoms with Gasteiger partial charge in [0.25, 0.3) is 0 Å². The van der Waals surface area contributed by atoms with E-state index in [1.54, 1.807) is 6.07 Å². The predicted molar refractivity (Wildman–Crippen MR) is 74.4 cm³/mol. The van der Waals surface area contributed by atoms with Crippen LogP contribution >= 0.6 is 11.3 Å². The van der Waals surface area contributed by atoms with Gasteiger partial charge in [-0.05, 0) is 31.9 Å². The number of hydrogen-bond donors (Lipinski definition) is 2. The van der Waals surface area contributed by atoms with Crippen molar-refractivity contribution in [2.24, 2.45) is 0 Å². The number of ether oxygens (including phenoxy) is 1. The molecular formula is C12H17NO5S2. The maximum Gasteiger partial charge on any atom is 0.308 e. The van der Waals surface area contributed by atoms with Crippen molar-refractivity contribution in [2.45, 2.75) is 42.5 Å². The van der Waals surface area contributed by atoms with E-state index in [9.17, 15) is 13.2 Å². The van der Waals surface area contributed by atoms with Gasteiger partial charge >= 0.3 is 5.97 Å². The minimum Gasteiger partial charge on any atom is -0.481 e. The van der Waals surface area contributed by atoms with Crippen LogP contribution in [-0.2, 0) is 26.0 Å². The van der Waals surface area contributed by atoms with Crippen molar-refractivity contribution < 1.29 is 23.1 Å². The molecular weight excluding hydrogens is 302 g/mol. The van der Waals surface area contributed by atoms with Crippen LogP contribution in [0.15, 0.2) is 16.3 Å². The molecule has 0 amide bonds. The average Bonchev–Trinajstić information content (AvgIpc) is 2.76. The van der Waals surface area contributed by atoms with Crippen molar-refractivity contribution in [3.05, 3.63) is 17.0 Å². The standard InChI is InChI=1S/C12H17NO5S2/c1-8-6-9(4-5-18-8)13-20(16,17)12-3-2-10(19-12)7-11(14)15/h2-3,8-9,13H,4-7H2,1H3,(H,14,15). The summed E-state index contributed by atoms with van der Waals surface area (Å²) in [5, 5.41) is 8.70. The Balaban J connectivity index is 2.06. The van der Waals surface area contributed by atoms with Crippen LogP contribution in [-0.4, -0.2) is 38.2 Å². The second kappa shape index (κ2) is 6.21. The monoisotopic (exact) mass is 319 g/mol. The Morgan fingerprint density at radius 3 is 2.95 bits per heavy atom. The van der Waals surface area contributed by atoms with Crippen LogP contribution in [0.3, 0.4) is 0 Å². The lowest BCUT2D eigenvalue weighted by molar-refractivity contribution is -0.136. The van der Waals surface area contributed by atoms with Crippen molar-refractivity contribution in [3.8, 4) is 0 Å². The average molecular weight is 319 g/mol. The Morgan fingerprint density at radius 2 is 2.30 bits per heavy atom. The molecule has 1 aliphatic heterocycles. The third-order valence-electron chi connectivity index (χ3n) is 3.03. The van der Waals surface area contributed by atoms with Crippen molar-refractivity contribution in [2.75, 3.05) is 6.61 Å². The molecule has 112 valence electrons. The number of carboxylic acid groups (broad SMARTS) is 1. The highest BCUT2D eigenvalue weighted by Gasteiger charge is 2.26. The summed E-state index contributed by atoms with van der Waals surface area (Å²) in [6, 6.07) is 2.86. The molecule has 1 saturated heterocycles. The van der Waals surface area contributed by atoms with Crippen LogP contribution in [0.1, 0.15) is 24.6 Å². The van der Waals surface area contributed by atoms with Crippen molar-refractivity contribution in [1.82, 2.24) is 4.72 Å². The Hall–Kier alpha value is -0.960. The van der Waals surface area contributed by atoms with Gasteiger partial charge in [-0.3, -0.25) is 4.79 Å². The lowest BCUT2D eigenvalue weighted by atomic mass is 10.1. The van der Waals surface area contributed by atoms with Crippen molar-refractivity contribution in [3.63, 3.8) is 0 Å². The maximum atomic E-state index is 12.2. The highest BCUT2D eigenvalue weighted by atomic mass is 32.2. The summed E-state index contributed by atoms with van der Waals surface area (Å²) in [7, 11) is -3.58. The fourth-order valence-electron chi connectivity index (χ4n) is 2.13. The van der Waals surface area contributed by atoms with Gasteiger partial charge < -0.3 is 9.84 Å². The molecule has 0 saturated carbocycles. The number of aliphatic carboxylic acids is 1. The highest BCUT2D eigenvalue weighted by Crippen LogP contribution is 2.23. The number of carbonyl (C=O) groups is 1. The van der Waals surface area contributed by atoms with Crippen molar-refractivity contribution >= 4 is 27.3 Å². The smallest absolute Gasteiger partial charge is 0.308 e. The van der Waals surface area contributed by atoms with E-state index < -0.39 is 16.0 Å². The fraction of sp³-hybridized carbons (Fsp3) is 0.583. The van der Waals surface area contributed by atoms with Crippen molar-refractivity contribution in [1.29, 1.82) is 0 Å². The van der Waals surface area contributed by atoms with E-state index in [-0.39, 0.29) is 22.8 Å². The molecule has 6 nitrogen and oxygen atoms in total. The Kier molecular flexibility index (Phi) is 4.79. The summed E-state index contributed by atoms with van der Waals surface area (Å²) in [4.78, 5) is 11.1. The van der Waals surface area contributed by atoms with Crippen LogP contribution < -0.4 is 4.72 Å². The Morgan fingerprint density at radius 1 is 1.55 bits per heavy atom. The first-order valence-electron chi connectivity index (χ1n) is 6.31. The molecule has 1 fully saturated rings. The minimum absolute atomic E-state index is 0.0438. The fourth-order valence-corrected chi connectivity index (χ4v) is 4.78. The maximum absolute atomic E-state index is 12.2. The molecule has 8 heteroatoms. The van der Waals surface area contributed by atoms with E-state index in [0.717, 1.165) is 11.3 Å². The van der Waals surface area contributed by atoms with Gasteiger partial charge in [-0.15, -0.1) is 11.3 Å². The first-order chi connectivity index (χ1) is 9.37. The highest BCUT2D eigenvalue weighted by molar-refractivity contribution is 7.91. The first-order valence-corrected chi connectivity index (χ1v) is 8.61. The second-order valence-electron chi connectivity index (χ2n) is 4.82. The quantitative estimate of drug-likeness (QED) is 0.851. The lowest BCUT2D eigenvalue weighted by Gasteiger charge is -2.27. The van der Waals surface area contributed by atoms with Gasteiger partial charge in [0.05, 0.1) is 12.5 Å². The van der Waals surface area contributed by atoms with Crippen LogP contribution in [0, 0.1) is 0 Å². The summed E-state index contributed by atoms with van der Waals surface area (Å²) >= 11 is 0.995. The summed E-state index contributed by atoms with van der Waals surface area (Å²) in [5.74, 6) is -0.970. The first kappa shape index (κ1) is 15.4. The number of nitrogens with one attached hydrogen (secondary N) is 1. The van der Waals surface area contributed by atoms with Gasteiger partial charge in [-0.1, -0.05) is 0 Å². The van der Waals surface area contributed by atoms with Crippen LogP contribution in [0.2, 0.25) is 0 Å². The summed E-state index contributed by atoms with van der Waals surface area (Å²) < 4.78 is 32.6. The van der Waals surface area contributed by atoms with E-state index in [1.807, 2.05) is 6.92 Å². The van der Waals surface area contributed by atoms with Gasteiger partial charge in [-0.25, -0.2) is 13.1 Å². The molecule has 2 heterocycles. The molecule has 1 aromatic rings. The van der Waals surface area contributed by atoms with E-state index in [0.29, 0.717) is 24.3 Å². The number of rotatable bonds is 5. The number of thiophene rings is 1. The molecule has 1 aromatic heterocycles. The van der Waals surface area contributed by atoms with E-state index in [2.05, 4.69) is 4.72 Å². The molecule has 2 atom stereocenters. The van der Waals surface area contributed by atoms with E-state index in [1.165, 1.54) is 6.07 Å². The number of carboxylic acids is 1. The topological polar surface area (TPSA) is 92.7 Å². The molecule has 0 aromatic carbocycles. The molecule has 0 bridgehead atoms. The van der Waals surface area contributed by atoms with Crippen LogP contribution in [0.5, 0.6) is 0 Å². The van der Waals surface area contributed by atoms with Crippen LogP contribution in [0.25, 0.3) is 0 Å². The predicted octanol–water partition coefficient (Wildman–Crippen LogP) is 1.22. The van der Waals surface area contributed by atoms with Gasteiger partial charge in [-0.2, -0.15) is 0 Å². The Labute approximate surface area is 121 Å². The summed E-state index contributed by atoms with van der Waals surface area (Å²) in [5.41, 5.74) is 0. The van der Waals surface area contributed by atoms with Crippen LogP contribution in [0.4, 0.5) is 0 Å². The molecule has 2 unspecified atom stereocenters. The molecule has 0 aliphatic carbocycles. The van der Waals surface area contributed by atoms with Gasteiger partial charge in [0.15, 0.2) is 0 Å².